The van der Waals surface area contributed by atoms with Crippen molar-refractivity contribution in [3.8, 4) is 0 Å². The van der Waals surface area contributed by atoms with Crippen LogP contribution in [0.1, 0.15) is 18.5 Å². The molecule has 0 saturated heterocycles. The second-order valence-corrected chi connectivity index (χ2v) is 5.11. The topological polar surface area (TPSA) is 48.9 Å². The van der Waals surface area contributed by atoms with E-state index in [9.17, 15) is 4.39 Å². The Kier molecular flexibility index (Phi) is 8.47. The van der Waals surface area contributed by atoms with Crippen LogP contribution in [0, 0.1) is 5.82 Å². The van der Waals surface area contributed by atoms with Gasteiger partial charge in [0.05, 0.1) is 12.6 Å². The molecular formula is C16H27FN4O. The summed E-state index contributed by atoms with van der Waals surface area (Å²) in [5.74, 6) is 0.492. The maximum atomic E-state index is 13.4. The molecule has 124 valence electrons. The Morgan fingerprint density at radius 3 is 2.73 bits per heavy atom. The molecule has 1 aromatic rings. The lowest BCUT2D eigenvalue weighted by molar-refractivity contribution is 0.152. The van der Waals surface area contributed by atoms with E-state index >= 15 is 0 Å². The van der Waals surface area contributed by atoms with Crippen LogP contribution in [0.25, 0.3) is 0 Å². The van der Waals surface area contributed by atoms with Crippen molar-refractivity contribution in [3.05, 3.63) is 35.6 Å². The van der Waals surface area contributed by atoms with Gasteiger partial charge >= 0.3 is 0 Å². The molecule has 1 unspecified atom stereocenters. The number of hydrogen-bond acceptors (Lipinski definition) is 3. The van der Waals surface area contributed by atoms with Crippen molar-refractivity contribution in [2.24, 2.45) is 4.99 Å². The van der Waals surface area contributed by atoms with Crippen molar-refractivity contribution >= 4 is 5.96 Å². The SMILES string of the molecule is CCOCCNC(=NC)NCC(c1cccc(F)c1)N(C)C. The molecule has 1 atom stereocenters. The van der Waals surface area contributed by atoms with E-state index in [1.54, 1.807) is 19.2 Å². The largest absolute Gasteiger partial charge is 0.380 e. The number of rotatable bonds is 8. The molecule has 0 aliphatic rings. The molecule has 0 spiro atoms. The van der Waals surface area contributed by atoms with Gasteiger partial charge in [-0.3, -0.25) is 4.99 Å². The van der Waals surface area contributed by atoms with Crippen molar-refractivity contribution < 1.29 is 9.13 Å². The summed E-state index contributed by atoms with van der Waals surface area (Å²) < 4.78 is 18.7. The van der Waals surface area contributed by atoms with Crippen LogP contribution < -0.4 is 10.6 Å². The average molecular weight is 310 g/mol. The molecule has 1 aromatic carbocycles. The second-order valence-electron chi connectivity index (χ2n) is 5.11. The first-order chi connectivity index (χ1) is 10.6. The van der Waals surface area contributed by atoms with Crippen LogP contribution in [0.3, 0.4) is 0 Å². The quantitative estimate of drug-likeness (QED) is 0.435. The predicted molar refractivity (Wildman–Crippen MR) is 88.7 cm³/mol. The van der Waals surface area contributed by atoms with E-state index in [1.165, 1.54) is 6.07 Å². The highest BCUT2D eigenvalue weighted by Gasteiger charge is 2.15. The van der Waals surface area contributed by atoms with Crippen LogP contribution in [0.2, 0.25) is 0 Å². The molecule has 0 aromatic heterocycles. The van der Waals surface area contributed by atoms with Crippen molar-refractivity contribution in [2.45, 2.75) is 13.0 Å². The maximum absolute atomic E-state index is 13.4. The third-order valence-corrected chi connectivity index (χ3v) is 3.29. The van der Waals surface area contributed by atoms with E-state index < -0.39 is 0 Å². The monoisotopic (exact) mass is 310 g/mol. The van der Waals surface area contributed by atoms with Gasteiger partial charge in [-0.15, -0.1) is 0 Å². The summed E-state index contributed by atoms with van der Waals surface area (Å²) in [6, 6.07) is 6.74. The number of likely N-dealkylation sites (N-methyl/N-ethyl adjacent to an activating group) is 1. The van der Waals surface area contributed by atoms with Gasteiger partial charge in [-0.2, -0.15) is 0 Å². The average Bonchev–Trinajstić information content (AvgIpc) is 2.49. The summed E-state index contributed by atoms with van der Waals surface area (Å²) in [7, 11) is 5.67. The number of hydrogen-bond donors (Lipinski definition) is 2. The molecule has 0 saturated carbocycles. The first kappa shape index (κ1) is 18.4. The van der Waals surface area contributed by atoms with E-state index in [1.807, 2.05) is 27.1 Å². The van der Waals surface area contributed by atoms with Crippen LogP contribution in [0.15, 0.2) is 29.3 Å². The van der Waals surface area contributed by atoms with Gasteiger partial charge in [0, 0.05) is 26.7 Å². The number of halogens is 1. The van der Waals surface area contributed by atoms with E-state index in [0.717, 1.165) is 5.56 Å². The van der Waals surface area contributed by atoms with Gasteiger partial charge in [0.25, 0.3) is 0 Å². The summed E-state index contributed by atoms with van der Waals surface area (Å²) in [5, 5.41) is 6.45. The normalized spacial score (nSPS) is 13.3. The van der Waals surface area contributed by atoms with Gasteiger partial charge in [0.1, 0.15) is 5.82 Å². The fourth-order valence-corrected chi connectivity index (χ4v) is 2.11. The highest BCUT2D eigenvalue weighted by atomic mass is 19.1. The molecule has 5 nitrogen and oxygen atoms in total. The van der Waals surface area contributed by atoms with Gasteiger partial charge < -0.3 is 20.3 Å². The molecule has 6 heteroatoms. The van der Waals surface area contributed by atoms with Gasteiger partial charge in [0.2, 0.25) is 0 Å². The number of nitrogens with zero attached hydrogens (tertiary/aromatic N) is 2. The number of ether oxygens (including phenoxy) is 1. The van der Waals surface area contributed by atoms with E-state index in [-0.39, 0.29) is 11.9 Å². The summed E-state index contributed by atoms with van der Waals surface area (Å²) in [4.78, 5) is 6.23. The fraction of sp³-hybridized carbons (Fsp3) is 0.562. The van der Waals surface area contributed by atoms with Crippen LogP contribution in [0.4, 0.5) is 4.39 Å². The van der Waals surface area contributed by atoms with Gasteiger partial charge in [-0.1, -0.05) is 12.1 Å². The maximum Gasteiger partial charge on any atom is 0.191 e. The minimum atomic E-state index is -0.219. The molecule has 0 amide bonds. The zero-order chi connectivity index (χ0) is 16.4. The summed E-state index contributed by atoms with van der Waals surface area (Å²) in [5.41, 5.74) is 0.933. The molecule has 1 rings (SSSR count). The molecule has 0 aliphatic carbocycles. The second kappa shape index (κ2) is 10.1. The summed E-state index contributed by atoms with van der Waals surface area (Å²) >= 11 is 0. The van der Waals surface area contributed by atoms with E-state index in [0.29, 0.717) is 32.3 Å². The molecule has 2 N–H and O–H groups in total. The van der Waals surface area contributed by atoms with E-state index in [2.05, 4.69) is 20.5 Å². The van der Waals surface area contributed by atoms with Crippen LogP contribution >= 0.6 is 0 Å². The van der Waals surface area contributed by atoms with Crippen LogP contribution in [-0.2, 0) is 4.74 Å². The zero-order valence-electron chi connectivity index (χ0n) is 13.9. The van der Waals surface area contributed by atoms with E-state index in [4.69, 9.17) is 4.74 Å². The van der Waals surface area contributed by atoms with Crippen molar-refractivity contribution in [1.82, 2.24) is 15.5 Å². The van der Waals surface area contributed by atoms with Crippen LogP contribution in [0.5, 0.6) is 0 Å². The minimum absolute atomic E-state index is 0.0566. The molecule has 0 fully saturated rings. The number of nitrogens with one attached hydrogen (secondary N) is 2. The Balaban J connectivity index is 2.56. The standard InChI is InChI=1S/C16H27FN4O/c1-5-22-10-9-19-16(18-2)20-12-15(21(3)4)13-7-6-8-14(17)11-13/h6-8,11,15H,5,9-10,12H2,1-4H3,(H2,18,19,20). The Labute approximate surface area is 132 Å². The molecule has 0 aliphatic heterocycles. The Morgan fingerprint density at radius 2 is 2.14 bits per heavy atom. The third kappa shape index (κ3) is 6.41. The van der Waals surface area contributed by atoms with Crippen molar-refractivity contribution in [2.75, 3.05) is 47.4 Å². The first-order valence-corrected chi connectivity index (χ1v) is 7.52. The lowest BCUT2D eigenvalue weighted by Crippen LogP contribution is -2.42. The molecular weight excluding hydrogens is 283 g/mol. The number of guanidine groups is 1. The van der Waals surface area contributed by atoms with Gasteiger partial charge in [-0.05, 0) is 38.7 Å². The van der Waals surface area contributed by atoms with Gasteiger partial charge in [-0.25, -0.2) is 4.39 Å². The molecule has 0 bridgehead atoms. The third-order valence-electron chi connectivity index (χ3n) is 3.29. The van der Waals surface area contributed by atoms with Crippen molar-refractivity contribution in [1.29, 1.82) is 0 Å². The van der Waals surface area contributed by atoms with Crippen LogP contribution in [-0.4, -0.2) is 58.3 Å². The fourth-order valence-electron chi connectivity index (χ4n) is 2.11. The number of aliphatic imine (C=N–C) groups is 1. The molecule has 0 radical (unpaired) electrons. The summed E-state index contributed by atoms with van der Waals surface area (Å²) in [6.07, 6.45) is 0. The Morgan fingerprint density at radius 1 is 1.36 bits per heavy atom. The molecule has 22 heavy (non-hydrogen) atoms. The smallest absolute Gasteiger partial charge is 0.191 e. The van der Waals surface area contributed by atoms with Crippen molar-refractivity contribution in [3.63, 3.8) is 0 Å². The van der Waals surface area contributed by atoms with Gasteiger partial charge in [0.15, 0.2) is 5.96 Å². The highest BCUT2D eigenvalue weighted by Crippen LogP contribution is 2.18. The minimum Gasteiger partial charge on any atom is -0.380 e. The Hall–Kier alpha value is -1.66. The summed E-state index contributed by atoms with van der Waals surface area (Å²) in [6.45, 7) is 4.63. The lowest BCUT2D eigenvalue weighted by Gasteiger charge is -2.26. The zero-order valence-corrected chi connectivity index (χ0v) is 13.9. The Bertz CT molecular complexity index is 465. The predicted octanol–water partition coefficient (Wildman–Crippen LogP) is 1.63. The lowest BCUT2D eigenvalue weighted by atomic mass is 10.1. The molecule has 0 heterocycles. The number of benzene rings is 1. The highest BCUT2D eigenvalue weighted by molar-refractivity contribution is 5.79. The first-order valence-electron chi connectivity index (χ1n) is 7.52.